The van der Waals surface area contributed by atoms with Crippen LogP contribution >= 0.6 is 11.6 Å². The van der Waals surface area contributed by atoms with Gasteiger partial charge in [-0.2, -0.15) is 0 Å². The maximum absolute atomic E-state index is 12.6. The number of halogens is 1. The monoisotopic (exact) mass is 257 g/mol. The van der Waals surface area contributed by atoms with Crippen LogP contribution in [0.4, 0.5) is 0 Å². The summed E-state index contributed by atoms with van der Waals surface area (Å²) in [5.74, 6) is -0.197. The number of carbonyl (C=O) groups is 1. The molecule has 2 rings (SSSR count). The van der Waals surface area contributed by atoms with Crippen LogP contribution in [-0.2, 0) is 10.3 Å². The highest BCUT2D eigenvalue weighted by Gasteiger charge is 2.48. The summed E-state index contributed by atoms with van der Waals surface area (Å²) in [5, 5.41) is 2.35. The van der Waals surface area contributed by atoms with Crippen molar-refractivity contribution in [2.45, 2.75) is 30.0 Å². The summed E-state index contributed by atoms with van der Waals surface area (Å²) >= 11 is 6.21. The molecule has 1 atom stereocenters. The largest absolute Gasteiger partial charge is 0.304 e. The van der Waals surface area contributed by atoms with Crippen LogP contribution in [0.2, 0.25) is 10.2 Å². The van der Waals surface area contributed by atoms with Crippen LogP contribution in [-0.4, -0.2) is 28.5 Å². The molecule has 0 bridgehead atoms. The van der Waals surface area contributed by atoms with Gasteiger partial charge >= 0.3 is 0 Å². The highest BCUT2D eigenvalue weighted by molar-refractivity contribution is 6.52. The fourth-order valence-corrected chi connectivity index (χ4v) is 3.00. The average Bonchev–Trinajstić information content (AvgIpc) is 2.34. The van der Waals surface area contributed by atoms with Crippen molar-refractivity contribution in [3.05, 3.63) is 34.9 Å². The lowest BCUT2D eigenvalue weighted by atomic mass is 9.44. The predicted octanol–water partition coefficient (Wildman–Crippen LogP) is 1.96. The van der Waals surface area contributed by atoms with Crippen LogP contribution in [0.3, 0.4) is 0 Å². The van der Waals surface area contributed by atoms with Crippen molar-refractivity contribution in [2.24, 2.45) is 0 Å². The highest BCUT2D eigenvalue weighted by Crippen LogP contribution is 2.45. The average molecular weight is 257 g/mol. The molecule has 0 spiro atoms. The number of likely N-dealkylation sites (N-methyl/N-ethyl adjacent to an activating group) is 1. The third-order valence-electron chi connectivity index (χ3n) is 3.71. The van der Waals surface area contributed by atoms with E-state index in [9.17, 15) is 4.79 Å². The molecule has 18 heavy (non-hydrogen) atoms. The highest BCUT2D eigenvalue weighted by atomic mass is 35.5. The Kier molecular flexibility index (Phi) is 3.61. The number of hydrogen-bond donors (Lipinski definition) is 1. The van der Waals surface area contributed by atoms with Crippen molar-refractivity contribution in [2.75, 3.05) is 7.05 Å². The molecule has 1 N–H and O–H groups in total. The standard InChI is InChI=1S/C13H14B2ClNO/c1-17-12(9-5-2-3-6-10(9)16)7-4-8-13(14,15)11(12)18/h2-3,5-6,17H,4,7-8H2,1H3/t12-/m0/s1. The molecular weight excluding hydrogens is 243 g/mol. The van der Waals surface area contributed by atoms with E-state index in [0.717, 1.165) is 12.0 Å². The first-order chi connectivity index (χ1) is 8.44. The van der Waals surface area contributed by atoms with Gasteiger partial charge in [0.2, 0.25) is 0 Å². The van der Waals surface area contributed by atoms with Crippen LogP contribution in [0, 0.1) is 0 Å². The predicted molar refractivity (Wildman–Crippen MR) is 75.2 cm³/mol. The van der Waals surface area contributed by atoms with Crippen molar-refractivity contribution in [1.82, 2.24) is 5.32 Å². The van der Waals surface area contributed by atoms with Crippen LogP contribution in [0.1, 0.15) is 24.8 Å². The lowest BCUT2D eigenvalue weighted by Gasteiger charge is -2.44. The lowest BCUT2D eigenvalue weighted by molar-refractivity contribution is -0.129. The Morgan fingerprint density at radius 1 is 1.28 bits per heavy atom. The van der Waals surface area contributed by atoms with E-state index in [4.69, 9.17) is 27.3 Å². The first-order valence-electron chi connectivity index (χ1n) is 6.00. The van der Waals surface area contributed by atoms with Gasteiger partial charge < -0.3 is 5.32 Å². The molecule has 4 radical (unpaired) electrons. The number of benzene rings is 1. The van der Waals surface area contributed by atoms with E-state index < -0.39 is 10.8 Å². The zero-order valence-electron chi connectivity index (χ0n) is 10.4. The second-order valence-electron chi connectivity index (χ2n) is 4.86. The van der Waals surface area contributed by atoms with Crippen molar-refractivity contribution in [3.8, 4) is 0 Å². The third-order valence-corrected chi connectivity index (χ3v) is 4.04. The second kappa shape index (κ2) is 4.75. The summed E-state index contributed by atoms with van der Waals surface area (Å²) in [6.45, 7) is 0. The van der Waals surface area contributed by atoms with Crippen LogP contribution in [0.5, 0.6) is 0 Å². The molecule has 0 unspecified atom stereocenters. The topological polar surface area (TPSA) is 29.1 Å². The Balaban J connectivity index is 2.55. The molecule has 1 aromatic carbocycles. The van der Waals surface area contributed by atoms with Gasteiger partial charge in [0.05, 0.1) is 15.7 Å². The van der Waals surface area contributed by atoms with Crippen molar-refractivity contribution in [3.63, 3.8) is 0 Å². The summed E-state index contributed by atoms with van der Waals surface area (Å²) in [7, 11) is 13.5. The molecular formula is C13H14B2ClNO. The minimum atomic E-state index is -1.29. The number of Topliss-reactive ketones (excluding diaryl/α,β-unsaturated/α-hetero) is 1. The Bertz CT molecular complexity index is 478. The molecule has 5 heteroatoms. The third kappa shape index (κ3) is 2.02. The number of carbonyl (C=O) groups excluding carboxylic acids is 1. The van der Waals surface area contributed by atoms with Gasteiger partial charge in [0.25, 0.3) is 0 Å². The van der Waals surface area contributed by atoms with E-state index in [1.807, 2.05) is 18.2 Å². The molecule has 1 saturated carbocycles. The number of rotatable bonds is 2. The van der Waals surface area contributed by atoms with Crippen molar-refractivity contribution in [1.29, 1.82) is 0 Å². The number of hydrogen-bond acceptors (Lipinski definition) is 2. The number of ketones is 1. The molecule has 0 heterocycles. The van der Waals surface area contributed by atoms with Gasteiger partial charge in [-0.25, -0.2) is 0 Å². The molecule has 1 aliphatic rings. The maximum atomic E-state index is 12.6. The molecule has 1 aliphatic carbocycles. The molecule has 90 valence electrons. The van der Waals surface area contributed by atoms with Gasteiger partial charge in [0.1, 0.15) is 11.3 Å². The minimum Gasteiger partial charge on any atom is -0.304 e. The first kappa shape index (κ1) is 13.7. The van der Waals surface area contributed by atoms with Gasteiger partial charge in [-0.1, -0.05) is 42.6 Å². The molecule has 0 aromatic heterocycles. The molecule has 2 nitrogen and oxygen atoms in total. The maximum Gasteiger partial charge on any atom is 0.146 e. The summed E-state index contributed by atoms with van der Waals surface area (Å²) in [4.78, 5) is 12.6. The summed E-state index contributed by atoms with van der Waals surface area (Å²) in [6, 6.07) is 7.31. The van der Waals surface area contributed by atoms with Crippen LogP contribution in [0.25, 0.3) is 0 Å². The van der Waals surface area contributed by atoms with E-state index in [1.54, 1.807) is 13.1 Å². The van der Waals surface area contributed by atoms with Crippen molar-refractivity contribution < 1.29 is 4.79 Å². The van der Waals surface area contributed by atoms with Crippen LogP contribution < -0.4 is 5.32 Å². The molecule has 1 aromatic rings. The summed E-state index contributed by atoms with van der Waals surface area (Å²) < 4.78 is 0. The van der Waals surface area contributed by atoms with Gasteiger partial charge in [-0.15, -0.1) is 0 Å². The van der Waals surface area contributed by atoms with E-state index in [2.05, 4.69) is 5.32 Å². The fraction of sp³-hybridized carbons (Fsp3) is 0.462. The van der Waals surface area contributed by atoms with E-state index >= 15 is 0 Å². The Hall–Kier alpha value is -0.730. The van der Waals surface area contributed by atoms with Gasteiger partial charge in [0, 0.05) is 5.02 Å². The SMILES string of the molecule is [B]C1([B])CCC[C@](NC)(c2ccccc2Cl)C1=O. The molecule has 0 aliphatic heterocycles. The normalized spacial score (nSPS) is 27.1. The second-order valence-corrected chi connectivity index (χ2v) is 5.27. The van der Waals surface area contributed by atoms with Gasteiger partial charge in [0.15, 0.2) is 0 Å². The van der Waals surface area contributed by atoms with E-state index in [1.165, 1.54) is 0 Å². The first-order valence-corrected chi connectivity index (χ1v) is 6.38. The lowest BCUT2D eigenvalue weighted by Crippen LogP contribution is -2.55. The van der Waals surface area contributed by atoms with Gasteiger partial charge in [-0.05, 0) is 30.3 Å². The summed E-state index contributed by atoms with van der Waals surface area (Å²) in [6.07, 6.45) is 1.94. The van der Waals surface area contributed by atoms with Crippen molar-refractivity contribution >= 4 is 33.1 Å². The Morgan fingerprint density at radius 2 is 1.94 bits per heavy atom. The minimum absolute atomic E-state index is 0.197. The van der Waals surface area contributed by atoms with Crippen LogP contribution in [0.15, 0.2) is 24.3 Å². The van der Waals surface area contributed by atoms with E-state index in [-0.39, 0.29) is 5.78 Å². The molecule has 0 saturated heterocycles. The quantitative estimate of drug-likeness (QED) is 0.821. The smallest absolute Gasteiger partial charge is 0.146 e. The number of nitrogens with one attached hydrogen (secondary N) is 1. The van der Waals surface area contributed by atoms with Gasteiger partial charge in [-0.3, -0.25) is 4.79 Å². The zero-order chi connectivity index (χ0) is 13.4. The molecule has 0 amide bonds. The Labute approximate surface area is 115 Å². The molecule has 1 fully saturated rings. The zero-order valence-corrected chi connectivity index (χ0v) is 11.1. The summed E-state index contributed by atoms with van der Waals surface area (Å²) in [5.41, 5.74) is -0.126. The Morgan fingerprint density at radius 3 is 2.56 bits per heavy atom. The fourth-order valence-electron chi connectivity index (χ4n) is 2.71. The van der Waals surface area contributed by atoms with E-state index in [0.29, 0.717) is 17.9 Å².